The molecule has 2 aromatic carbocycles. The number of benzene rings is 2. The Morgan fingerprint density at radius 3 is 2.38 bits per heavy atom. The molecule has 3 rings (SSSR count). The van der Waals surface area contributed by atoms with Crippen molar-refractivity contribution in [2.24, 2.45) is 7.05 Å². The molecule has 3 aromatic rings. The molecule has 0 amide bonds. The fraction of sp³-hybridized carbons (Fsp3) is 0.167. The third kappa shape index (κ3) is 3.25. The van der Waals surface area contributed by atoms with Crippen molar-refractivity contribution in [2.75, 3.05) is 7.05 Å². The fourth-order valence-electron chi connectivity index (χ4n) is 2.61. The largest absolute Gasteiger partial charge is 0.275 e. The number of nitrogens with zero attached hydrogens (tertiary/aromatic N) is 3. The summed E-state index contributed by atoms with van der Waals surface area (Å²) < 4.78 is 29.1. The number of hydrogen-bond donors (Lipinski definition) is 0. The highest BCUT2D eigenvalue weighted by Gasteiger charge is 2.24. The van der Waals surface area contributed by atoms with E-state index in [1.807, 2.05) is 55.7 Å². The van der Waals surface area contributed by atoms with Gasteiger partial charge in [-0.1, -0.05) is 48.5 Å². The van der Waals surface area contributed by atoms with Crippen molar-refractivity contribution in [3.63, 3.8) is 0 Å². The molecule has 0 aliphatic rings. The molecule has 0 aliphatic heterocycles. The summed E-state index contributed by atoms with van der Waals surface area (Å²) in [6, 6.07) is 16.6. The SMILES string of the molecule is CN(Cc1cnn(C)c1)S(=O)(=O)c1ccccc1-c1ccccc1. The van der Waals surface area contributed by atoms with Gasteiger partial charge in [0.2, 0.25) is 10.0 Å². The number of aromatic nitrogens is 2. The minimum Gasteiger partial charge on any atom is -0.275 e. The van der Waals surface area contributed by atoms with Crippen molar-refractivity contribution in [2.45, 2.75) is 11.4 Å². The molecular formula is C18H19N3O2S. The van der Waals surface area contributed by atoms with Crippen LogP contribution in [0.5, 0.6) is 0 Å². The van der Waals surface area contributed by atoms with Crippen LogP contribution in [0, 0.1) is 0 Å². The highest BCUT2D eigenvalue weighted by molar-refractivity contribution is 7.89. The van der Waals surface area contributed by atoms with Gasteiger partial charge in [-0.05, 0) is 11.6 Å². The summed E-state index contributed by atoms with van der Waals surface area (Å²) in [4.78, 5) is 0.308. The number of sulfonamides is 1. The lowest BCUT2D eigenvalue weighted by Gasteiger charge is -2.19. The molecule has 0 radical (unpaired) electrons. The van der Waals surface area contributed by atoms with Crippen molar-refractivity contribution >= 4 is 10.0 Å². The van der Waals surface area contributed by atoms with Gasteiger partial charge in [0.05, 0.1) is 11.1 Å². The Labute approximate surface area is 142 Å². The van der Waals surface area contributed by atoms with Crippen molar-refractivity contribution in [1.82, 2.24) is 14.1 Å². The van der Waals surface area contributed by atoms with Gasteiger partial charge in [-0.2, -0.15) is 9.40 Å². The van der Waals surface area contributed by atoms with Crippen molar-refractivity contribution in [3.8, 4) is 11.1 Å². The van der Waals surface area contributed by atoms with E-state index in [2.05, 4.69) is 5.10 Å². The Morgan fingerprint density at radius 1 is 1.04 bits per heavy atom. The topological polar surface area (TPSA) is 55.2 Å². The summed E-state index contributed by atoms with van der Waals surface area (Å²) in [6.07, 6.45) is 3.49. The van der Waals surface area contributed by atoms with Gasteiger partial charge >= 0.3 is 0 Å². The molecule has 0 fully saturated rings. The molecule has 5 nitrogen and oxygen atoms in total. The van der Waals surface area contributed by atoms with E-state index >= 15 is 0 Å². The molecule has 0 saturated carbocycles. The lowest BCUT2D eigenvalue weighted by atomic mass is 10.1. The van der Waals surface area contributed by atoms with Crippen molar-refractivity contribution < 1.29 is 8.42 Å². The smallest absolute Gasteiger partial charge is 0.243 e. The Balaban J connectivity index is 1.98. The first-order chi connectivity index (χ1) is 11.5. The molecule has 1 heterocycles. The van der Waals surface area contributed by atoms with Gasteiger partial charge < -0.3 is 0 Å². The number of aryl methyl sites for hydroxylation is 1. The van der Waals surface area contributed by atoms with Gasteiger partial charge in [0.1, 0.15) is 0 Å². The zero-order valence-corrected chi connectivity index (χ0v) is 14.4. The van der Waals surface area contributed by atoms with Crippen LogP contribution in [0.15, 0.2) is 71.9 Å². The Kier molecular flexibility index (Phi) is 4.51. The minimum atomic E-state index is -3.61. The van der Waals surface area contributed by atoms with Crippen LogP contribution in [0.3, 0.4) is 0 Å². The van der Waals surface area contributed by atoms with Crippen LogP contribution < -0.4 is 0 Å². The highest BCUT2D eigenvalue weighted by Crippen LogP contribution is 2.29. The third-order valence-electron chi connectivity index (χ3n) is 3.82. The standard InChI is InChI=1S/C18H19N3O2S/c1-20-13-15(12-19-20)14-21(2)24(22,23)18-11-7-6-10-17(18)16-8-4-3-5-9-16/h3-13H,14H2,1-2H3. The van der Waals surface area contributed by atoms with Crippen LogP contribution in [0.25, 0.3) is 11.1 Å². The van der Waals surface area contributed by atoms with Crippen molar-refractivity contribution in [1.29, 1.82) is 0 Å². The van der Waals surface area contributed by atoms with Crippen LogP contribution >= 0.6 is 0 Å². The summed E-state index contributed by atoms with van der Waals surface area (Å²) in [7, 11) is -0.215. The predicted molar refractivity (Wildman–Crippen MR) is 93.7 cm³/mol. The molecule has 0 aliphatic carbocycles. The van der Waals surface area contributed by atoms with E-state index in [0.717, 1.165) is 11.1 Å². The summed E-state index contributed by atoms with van der Waals surface area (Å²) in [5, 5.41) is 4.08. The first-order valence-corrected chi connectivity index (χ1v) is 9.01. The van der Waals surface area contributed by atoms with Crippen LogP contribution in [-0.4, -0.2) is 29.6 Å². The van der Waals surface area contributed by atoms with E-state index in [1.54, 1.807) is 30.1 Å². The van der Waals surface area contributed by atoms with Gasteiger partial charge in [0.15, 0.2) is 0 Å². The maximum absolute atomic E-state index is 13.0. The lowest BCUT2D eigenvalue weighted by Crippen LogP contribution is -2.26. The Hall–Kier alpha value is -2.44. The zero-order chi connectivity index (χ0) is 17.2. The average Bonchev–Trinajstić information content (AvgIpc) is 3.00. The molecule has 0 bridgehead atoms. The van der Waals surface area contributed by atoms with Crippen LogP contribution in [0.1, 0.15) is 5.56 Å². The average molecular weight is 341 g/mol. The van der Waals surface area contributed by atoms with E-state index in [1.165, 1.54) is 4.31 Å². The second kappa shape index (κ2) is 6.59. The normalized spacial score (nSPS) is 11.8. The number of hydrogen-bond acceptors (Lipinski definition) is 3. The van der Waals surface area contributed by atoms with Gasteiger partial charge in [0.25, 0.3) is 0 Å². The monoisotopic (exact) mass is 341 g/mol. The molecule has 124 valence electrons. The molecule has 0 saturated heterocycles. The Morgan fingerprint density at radius 2 is 1.71 bits per heavy atom. The predicted octanol–water partition coefficient (Wildman–Crippen LogP) is 2.91. The van der Waals surface area contributed by atoms with Crippen molar-refractivity contribution in [3.05, 3.63) is 72.6 Å². The fourth-order valence-corrected chi connectivity index (χ4v) is 3.98. The zero-order valence-electron chi connectivity index (χ0n) is 13.6. The maximum Gasteiger partial charge on any atom is 0.243 e. The minimum absolute atomic E-state index is 0.277. The second-order valence-electron chi connectivity index (χ2n) is 5.65. The van der Waals surface area contributed by atoms with E-state index in [4.69, 9.17) is 0 Å². The summed E-state index contributed by atoms with van der Waals surface area (Å²) in [5.41, 5.74) is 2.43. The van der Waals surface area contributed by atoms with Crippen LogP contribution in [-0.2, 0) is 23.6 Å². The van der Waals surface area contributed by atoms with E-state index in [9.17, 15) is 8.42 Å². The van der Waals surface area contributed by atoms with E-state index in [0.29, 0.717) is 10.5 Å². The molecule has 0 N–H and O–H groups in total. The highest BCUT2D eigenvalue weighted by atomic mass is 32.2. The molecule has 1 aromatic heterocycles. The molecule has 0 unspecified atom stereocenters. The van der Waals surface area contributed by atoms with Gasteiger partial charge in [0, 0.05) is 38.0 Å². The summed E-state index contributed by atoms with van der Waals surface area (Å²) >= 11 is 0. The second-order valence-corrected chi connectivity index (χ2v) is 7.66. The van der Waals surface area contributed by atoms with Gasteiger partial charge in [-0.15, -0.1) is 0 Å². The summed E-state index contributed by atoms with van der Waals surface area (Å²) in [6.45, 7) is 0.277. The molecule has 0 atom stereocenters. The maximum atomic E-state index is 13.0. The molecule has 0 spiro atoms. The first-order valence-electron chi connectivity index (χ1n) is 7.57. The quantitative estimate of drug-likeness (QED) is 0.717. The first kappa shape index (κ1) is 16.4. The lowest BCUT2D eigenvalue weighted by molar-refractivity contribution is 0.467. The molecule has 6 heteroatoms. The Bertz CT molecular complexity index is 934. The van der Waals surface area contributed by atoms with Crippen LogP contribution in [0.2, 0.25) is 0 Å². The third-order valence-corrected chi connectivity index (χ3v) is 5.69. The van der Waals surface area contributed by atoms with Gasteiger partial charge in [-0.25, -0.2) is 8.42 Å². The molecule has 24 heavy (non-hydrogen) atoms. The number of rotatable bonds is 5. The summed E-state index contributed by atoms with van der Waals surface area (Å²) in [5.74, 6) is 0. The van der Waals surface area contributed by atoms with E-state index < -0.39 is 10.0 Å². The van der Waals surface area contributed by atoms with Crippen LogP contribution in [0.4, 0.5) is 0 Å². The van der Waals surface area contributed by atoms with E-state index in [-0.39, 0.29) is 6.54 Å². The molecular weight excluding hydrogens is 322 g/mol. The van der Waals surface area contributed by atoms with Gasteiger partial charge in [-0.3, -0.25) is 4.68 Å².